The first-order valence-corrected chi connectivity index (χ1v) is 11.8. The fraction of sp³-hybridized carbons (Fsp3) is 0.321. The lowest BCUT2D eigenvalue weighted by Gasteiger charge is -2.33. The number of fused-ring (bicyclic) bond motifs is 1. The largest absolute Gasteiger partial charge is 0.480 e. The number of nitrogens with one attached hydrogen (secondary N) is 2. The van der Waals surface area contributed by atoms with Crippen LogP contribution in [-0.2, 0) is 16.0 Å². The molecule has 4 rings (SSSR count). The van der Waals surface area contributed by atoms with Crippen LogP contribution in [0, 0.1) is 5.41 Å². The van der Waals surface area contributed by atoms with Crippen LogP contribution in [0.2, 0.25) is 0 Å². The van der Waals surface area contributed by atoms with E-state index in [9.17, 15) is 14.7 Å². The lowest BCUT2D eigenvalue weighted by atomic mass is 9.75. The summed E-state index contributed by atoms with van der Waals surface area (Å²) in [5.74, 6) is -1.17. The third kappa shape index (κ3) is 5.28. The molecule has 1 aliphatic carbocycles. The zero-order valence-corrected chi connectivity index (χ0v) is 19.5. The number of carboxylic acid groups (broad SMARTS) is 1. The van der Waals surface area contributed by atoms with Crippen LogP contribution in [0.15, 0.2) is 67.4 Å². The zero-order valence-electron chi connectivity index (χ0n) is 19.5. The Morgan fingerprint density at radius 2 is 1.76 bits per heavy atom. The van der Waals surface area contributed by atoms with Gasteiger partial charge in [-0.25, -0.2) is 4.79 Å². The maximum absolute atomic E-state index is 12.8. The maximum atomic E-state index is 12.8. The van der Waals surface area contributed by atoms with Crippen molar-refractivity contribution < 1.29 is 14.7 Å². The Kier molecular flexibility index (Phi) is 6.96. The molecule has 34 heavy (non-hydrogen) atoms. The lowest BCUT2D eigenvalue weighted by Crippen LogP contribution is -2.49. The fourth-order valence-electron chi connectivity index (χ4n) is 4.65. The topological polar surface area (TPSA) is 91.3 Å². The van der Waals surface area contributed by atoms with Crippen molar-refractivity contribution in [1.82, 2.24) is 10.3 Å². The normalized spacial score (nSPS) is 15.9. The molecule has 2 aromatic carbocycles. The number of hydrogen-bond acceptors (Lipinski definition) is 4. The van der Waals surface area contributed by atoms with Crippen LogP contribution in [0.3, 0.4) is 0 Å². The van der Waals surface area contributed by atoms with E-state index < -0.39 is 17.4 Å². The van der Waals surface area contributed by atoms with Gasteiger partial charge in [-0.05, 0) is 42.7 Å². The van der Waals surface area contributed by atoms with Crippen LogP contribution in [0.25, 0.3) is 16.6 Å². The van der Waals surface area contributed by atoms with Gasteiger partial charge >= 0.3 is 5.97 Å². The van der Waals surface area contributed by atoms with Gasteiger partial charge in [0.05, 0.1) is 5.52 Å². The summed E-state index contributed by atoms with van der Waals surface area (Å²) in [7, 11) is 0. The predicted molar refractivity (Wildman–Crippen MR) is 135 cm³/mol. The van der Waals surface area contributed by atoms with Crippen molar-refractivity contribution in [1.29, 1.82) is 0 Å². The molecule has 6 nitrogen and oxygen atoms in total. The number of para-hydroxylation sites is 1. The summed E-state index contributed by atoms with van der Waals surface area (Å²) in [5, 5.41) is 16.8. The van der Waals surface area contributed by atoms with Crippen LogP contribution in [0.5, 0.6) is 0 Å². The quantitative estimate of drug-likeness (QED) is 0.421. The smallest absolute Gasteiger partial charge is 0.326 e. The third-order valence-electron chi connectivity index (χ3n) is 6.77. The molecule has 0 bridgehead atoms. The Labute approximate surface area is 200 Å². The standard InChI is InChI=1S/C28H31N3O3/c1-19(22-14-17-29-24-9-5-4-8-23(22)24)30-21-12-10-20(11-13-21)18-25(26(32)33)31-27(34)28(2)15-6-3-7-16-28/h4-5,8-14,17,25,30H,1,3,6-7,15-16,18H2,2H3,(H,31,34)(H,32,33). The van der Waals surface area contributed by atoms with Crippen LogP contribution >= 0.6 is 0 Å². The number of benzene rings is 2. The molecule has 3 aromatic rings. The van der Waals surface area contributed by atoms with Gasteiger partial charge in [0.15, 0.2) is 0 Å². The number of anilines is 1. The highest BCUT2D eigenvalue weighted by molar-refractivity contribution is 5.93. The molecule has 0 aliphatic heterocycles. The van der Waals surface area contributed by atoms with Gasteiger partial charge in [0.25, 0.3) is 0 Å². The third-order valence-corrected chi connectivity index (χ3v) is 6.77. The number of aromatic nitrogens is 1. The second kappa shape index (κ2) is 10.1. The van der Waals surface area contributed by atoms with Crippen molar-refractivity contribution in [3.8, 4) is 0 Å². The fourth-order valence-corrected chi connectivity index (χ4v) is 4.65. The van der Waals surface area contributed by atoms with Gasteiger partial charge in [0, 0.05) is 40.4 Å². The molecule has 176 valence electrons. The Morgan fingerprint density at radius 3 is 2.47 bits per heavy atom. The number of pyridine rings is 1. The molecule has 1 unspecified atom stereocenters. The number of carboxylic acids is 1. The highest BCUT2D eigenvalue weighted by atomic mass is 16.4. The van der Waals surface area contributed by atoms with Crippen LogP contribution in [-0.4, -0.2) is 28.0 Å². The summed E-state index contributed by atoms with van der Waals surface area (Å²) in [5.41, 5.74) is 3.84. The van der Waals surface area contributed by atoms with Gasteiger partial charge in [-0.3, -0.25) is 9.78 Å². The van der Waals surface area contributed by atoms with Gasteiger partial charge in [0.1, 0.15) is 6.04 Å². The van der Waals surface area contributed by atoms with E-state index in [2.05, 4.69) is 22.2 Å². The molecular formula is C28H31N3O3. The minimum atomic E-state index is -1.02. The van der Waals surface area contributed by atoms with E-state index in [1.807, 2.05) is 61.5 Å². The van der Waals surface area contributed by atoms with E-state index in [-0.39, 0.29) is 12.3 Å². The molecule has 0 radical (unpaired) electrons. The van der Waals surface area contributed by atoms with Crippen LogP contribution in [0.1, 0.15) is 50.2 Å². The number of carbonyl (C=O) groups excluding carboxylic acids is 1. The second-order valence-electron chi connectivity index (χ2n) is 9.37. The van der Waals surface area contributed by atoms with Crippen LogP contribution in [0.4, 0.5) is 5.69 Å². The van der Waals surface area contributed by atoms with Gasteiger partial charge in [-0.1, -0.05) is 63.1 Å². The molecule has 1 aromatic heterocycles. The van der Waals surface area contributed by atoms with Crippen molar-refractivity contribution in [2.75, 3.05) is 5.32 Å². The maximum Gasteiger partial charge on any atom is 0.326 e. The van der Waals surface area contributed by atoms with Gasteiger partial charge in [-0.15, -0.1) is 0 Å². The molecule has 0 spiro atoms. The van der Waals surface area contributed by atoms with E-state index in [1.165, 1.54) is 0 Å². The number of carbonyl (C=O) groups is 2. The number of aliphatic carboxylic acids is 1. The van der Waals surface area contributed by atoms with E-state index >= 15 is 0 Å². The van der Waals surface area contributed by atoms with Crippen molar-refractivity contribution in [3.63, 3.8) is 0 Å². The number of rotatable bonds is 8. The van der Waals surface area contributed by atoms with Crippen molar-refractivity contribution >= 4 is 34.2 Å². The molecule has 1 aliphatic rings. The van der Waals surface area contributed by atoms with Gasteiger partial charge < -0.3 is 15.7 Å². The minimum Gasteiger partial charge on any atom is -0.480 e. The Balaban J connectivity index is 1.41. The molecule has 1 saturated carbocycles. The molecule has 1 amide bonds. The molecule has 1 heterocycles. The summed E-state index contributed by atoms with van der Waals surface area (Å²) in [6.07, 6.45) is 6.77. The first-order valence-electron chi connectivity index (χ1n) is 11.8. The average Bonchev–Trinajstić information content (AvgIpc) is 2.84. The predicted octanol–water partition coefficient (Wildman–Crippen LogP) is 5.40. The van der Waals surface area contributed by atoms with Gasteiger partial charge in [0.2, 0.25) is 5.91 Å². The summed E-state index contributed by atoms with van der Waals surface area (Å²) in [6, 6.07) is 16.4. The number of amides is 1. The van der Waals surface area contributed by atoms with Gasteiger partial charge in [-0.2, -0.15) is 0 Å². The summed E-state index contributed by atoms with van der Waals surface area (Å²) >= 11 is 0. The monoisotopic (exact) mass is 457 g/mol. The minimum absolute atomic E-state index is 0.154. The van der Waals surface area contributed by atoms with Crippen molar-refractivity contribution in [2.45, 2.75) is 51.5 Å². The Morgan fingerprint density at radius 1 is 1.06 bits per heavy atom. The molecule has 3 N–H and O–H groups in total. The number of hydrogen-bond donors (Lipinski definition) is 3. The number of nitrogens with zero attached hydrogens (tertiary/aromatic N) is 1. The Bertz CT molecular complexity index is 1190. The lowest BCUT2D eigenvalue weighted by molar-refractivity contribution is -0.144. The summed E-state index contributed by atoms with van der Waals surface area (Å²) in [6.45, 7) is 6.13. The molecule has 6 heteroatoms. The highest BCUT2D eigenvalue weighted by Gasteiger charge is 2.36. The molecule has 1 atom stereocenters. The van der Waals surface area contributed by atoms with Crippen molar-refractivity contribution in [2.24, 2.45) is 5.41 Å². The highest BCUT2D eigenvalue weighted by Crippen LogP contribution is 2.36. The van der Waals surface area contributed by atoms with E-state index in [0.29, 0.717) is 0 Å². The molecule has 1 fully saturated rings. The first-order chi connectivity index (χ1) is 16.4. The Hall–Kier alpha value is -3.67. The average molecular weight is 458 g/mol. The van der Waals surface area contributed by atoms with E-state index in [1.54, 1.807) is 6.20 Å². The van der Waals surface area contributed by atoms with Crippen molar-refractivity contribution in [3.05, 3.63) is 78.5 Å². The summed E-state index contributed by atoms with van der Waals surface area (Å²) < 4.78 is 0. The summed E-state index contributed by atoms with van der Waals surface area (Å²) in [4.78, 5) is 29.1. The molecular weight excluding hydrogens is 426 g/mol. The molecule has 0 saturated heterocycles. The first kappa shape index (κ1) is 23.5. The zero-order chi connectivity index (χ0) is 24.1. The second-order valence-corrected chi connectivity index (χ2v) is 9.37. The van der Waals surface area contributed by atoms with E-state index in [0.717, 1.165) is 65.5 Å². The SMILES string of the molecule is C=C(Nc1ccc(CC(NC(=O)C2(C)CCCCC2)C(=O)O)cc1)c1ccnc2ccccc12. The van der Waals surface area contributed by atoms with Crippen LogP contribution < -0.4 is 10.6 Å². The van der Waals surface area contributed by atoms with E-state index in [4.69, 9.17) is 0 Å².